The highest BCUT2D eigenvalue weighted by molar-refractivity contribution is 9.10. The predicted octanol–water partition coefficient (Wildman–Crippen LogP) is 3.37. The minimum absolute atomic E-state index is 0.311. The third-order valence-corrected chi connectivity index (χ3v) is 5.68. The van der Waals surface area contributed by atoms with E-state index in [0.29, 0.717) is 24.4 Å². The molecule has 1 fully saturated rings. The van der Waals surface area contributed by atoms with Crippen LogP contribution in [-0.4, -0.2) is 41.9 Å². The van der Waals surface area contributed by atoms with Crippen LogP contribution in [0, 0.1) is 6.92 Å². The largest absolute Gasteiger partial charge is 0.490 e. The zero-order valence-electron chi connectivity index (χ0n) is 12.6. The van der Waals surface area contributed by atoms with Crippen LogP contribution < -0.4 is 10.1 Å². The molecule has 3 nitrogen and oxygen atoms in total. The second-order valence-corrected chi connectivity index (χ2v) is 7.55. The van der Waals surface area contributed by atoms with Crippen LogP contribution in [0.4, 0.5) is 0 Å². The maximum atomic E-state index is 10.1. The molecule has 0 saturated heterocycles. The lowest BCUT2D eigenvalue weighted by molar-refractivity contribution is 0.103. The van der Waals surface area contributed by atoms with Crippen molar-refractivity contribution in [3.05, 3.63) is 28.2 Å². The first-order valence-electron chi connectivity index (χ1n) is 7.43. The highest BCUT2D eigenvalue weighted by atomic mass is 79.9. The summed E-state index contributed by atoms with van der Waals surface area (Å²) in [4.78, 5) is 0. The second-order valence-electron chi connectivity index (χ2n) is 5.62. The monoisotopic (exact) mass is 373 g/mol. The molecule has 21 heavy (non-hydrogen) atoms. The number of aliphatic hydroxyl groups excluding tert-OH is 1. The molecule has 2 N–H and O–H groups in total. The summed E-state index contributed by atoms with van der Waals surface area (Å²) in [6.07, 6.45) is 5.46. The molecule has 118 valence electrons. The fraction of sp³-hybridized carbons (Fsp3) is 0.625. The number of hydrogen-bond acceptors (Lipinski definition) is 4. The molecule has 0 bridgehead atoms. The van der Waals surface area contributed by atoms with Crippen LogP contribution >= 0.6 is 27.7 Å². The Morgan fingerprint density at radius 1 is 1.48 bits per heavy atom. The minimum Gasteiger partial charge on any atom is -0.490 e. The predicted molar refractivity (Wildman–Crippen MR) is 93.3 cm³/mol. The molecule has 3 unspecified atom stereocenters. The average Bonchev–Trinajstić information content (AvgIpc) is 2.91. The molecular weight excluding hydrogens is 350 g/mol. The maximum absolute atomic E-state index is 10.1. The maximum Gasteiger partial charge on any atom is 0.133 e. The van der Waals surface area contributed by atoms with E-state index in [1.54, 1.807) is 0 Å². The molecule has 1 aromatic carbocycles. The molecular formula is C16H24BrNO2S. The van der Waals surface area contributed by atoms with Gasteiger partial charge in [-0.3, -0.25) is 0 Å². The molecule has 0 aliphatic heterocycles. The van der Waals surface area contributed by atoms with Crippen molar-refractivity contribution in [2.45, 2.75) is 43.6 Å². The van der Waals surface area contributed by atoms with Crippen LogP contribution in [0.25, 0.3) is 0 Å². The van der Waals surface area contributed by atoms with Crippen molar-refractivity contribution in [1.82, 2.24) is 5.32 Å². The molecule has 0 aromatic heterocycles. The van der Waals surface area contributed by atoms with Crippen molar-refractivity contribution < 1.29 is 9.84 Å². The summed E-state index contributed by atoms with van der Waals surface area (Å²) in [6, 6.07) is 6.48. The summed E-state index contributed by atoms with van der Waals surface area (Å²) in [5.41, 5.74) is 1.18. The van der Waals surface area contributed by atoms with E-state index in [2.05, 4.69) is 27.5 Å². The normalized spacial score (nSPS) is 23.2. The Morgan fingerprint density at radius 2 is 2.29 bits per heavy atom. The summed E-state index contributed by atoms with van der Waals surface area (Å²) in [7, 11) is 0. The Morgan fingerprint density at radius 3 is 3.00 bits per heavy atom. The molecule has 1 aliphatic rings. The first-order valence-corrected chi connectivity index (χ1v) is 9.51. The number of hydrogen-bond donors (Lipinski definition) is 2. The molecule has 0 heterocycles. The van der Waals surface area contributed by atoms with Crippen LogP contribution in [-0.2, 0) is 0 Å². The first kappa shape index (κ1) is 17.1. The Hall–Kier alpha value is -0.230. The fourth-order valence-electron chi connectivity index (χ4n) is 2.70. The Labute approximate surface area is 140 Å². The number of halogens is 1. The number of aryl methyl sites for hydroxylation is 1. The van der Waals surface area contributed by atoms with Gasteiger partial charge in [0.2, 0.25) is 0 Å². The molecule has 1 aliphatic carbocycles. The Balaban J connectivity index is 1.73. The molecule has 0 amide bonds. The Bertz CT molecular complexity index is 458. The zero-order chi connectivity index (χ0) is 15.2. The van der Waals surface area contributed by atoms with Crippen molar-refractivity contribution in [3.8, 4) is 5.75 Å². The van der Waals surface area contributed by atoms with E-state index in [-0.39, 0.29) is 0 Å². The van der Waals surface area contributed by atoms with E-state index in [0.717, 1.165) is 10.2 Å². The molecule has 0 spiro atoms. The summed E-state index contributed by atoms with van der Waals surface area (Å²) < 4.78 is 6.61. The summed E-state index contributed by atoms with van der Waals surface area (Å²) in [6.45, 7) is 2.94. The number of thioether (sulfide) groups is 1. The SMILES string of the molecule is CSC1CCCC1NCC(O)COc1ccc(C)cc1Br. The zero-order valence-corrected chi connectivity index (χ0v) is 15.0. The van der Waals surface area contributed by atoms with Crippen LogP contribution in [0.2, 0.25) is 0 Å². The van der Waals surface area contributed by atoms with Crippen molar-refractivity contribution in [3.63, 3.8) is 0 Å². The lowest BCUT2D eigenvalue weighted by atomic mass is 10.2. The van der Waals surface area contributed by atoms with E-state index in [9.17, 15) is 5.11 Å². The molecule has 0 radical (unpaired) electrons. The van der Waals surface area contributed by atoms with Gasteiger partial charge < -0.3 is 15.2 Å². The highest BCUT2D eigenvalue weighted by Crippen LogP contribution is 2.28. The van der Waals surface area contributed by atoms with Crippen molar-refractivity contribution in [2.24, 2.45) is 0 Å². The number of aliphatic hydroxyl groups is 1. The van der Waals surface area contributed by atoms with E-state index >= 15 is 0 Å². The van der Waals surface area contributed by atoms with Crippen LogP contribution in [0.3, 0.4) is 0 Å². The lowest BCUT2D eigenvalue weighted by Crippen LogP contribution is -2.40. The van der Waals surface area contributed by atoms with Gasteiger partial charge in [-0.25, -0.2) is 0 Å². The van der Waals surface area contributed by atoms with Gasteiger partial charge in [-0.1, -0.05) is 12.5 Å². The summed E-state index contributed by atoms with van der Waals surface area (Å²) in [5, 5.41) is 14.2. The van der Waals surface area contributed by atoms with E-state index < -0.39 is 6.10 Å². The summed E-state index contributed by atoms with van der Waals surface area (Å²) in [5.74, 6) is 0.780. The van der Waals surface area contributed by atoms with Gasteiger partial charge in [0.15, 0.2) is 0 Å². The van der Waals surface area contributed by atoms with Gasteiger partial charge in [0, 0.05) is 17.8 Å². The van der Waals surface area contributed by atoms with E-state index in [1.807, 2.05) is 36.9 Å². The molecule has 3 atom stereocenters. The van der Waals surface area contributed by atoms with Crippen molar-refractivity contribution in [2.75, 3.05) is 19.4 Å². The Kier molecular flexibility index (Phi) is 6.86. The third-order valence-electron chi connectivity index (χ3n) is 3.89. The fourth-order valence-corrected chi connectivity index (χ4v) is 4.27. The molecule has 5 heteroatoms. The quantitative estimate of drug-likeness (QED) is 0.768. The van der Waals surface area contributed by atoms with Crippen LogP contribution in [0.5, 0.6) is 5.75 Å². The number of benzene rings is 1. The molecule has 1 aromatic rings. The summed E-state index contributed by atoms with van der Waals surface area (Å²) >= 11 is 5.41. The van der Waals surface area contributed by atoms with Crippen molar-refractivity contribution in [1.29, 1.82) is 0 Å². The van der Waals surface area contributed by atoms with Gasteiger partial charge in [-0.2, -0.15) is 11.8 Å². The van der Waals surface area contributed by atoms with Gasteiger partial charge in [0.25, 0.3) is 0 Å². The van der Waals surface area contributed by atoms with Crippen molar-refractivity contribution >= 4 is 27.7 Å². The first-order chi connectivity index (χ1) is 10.1. The number of nitrogens with one attached hydrogen (secondary N) is 1. The van der Waals surface area contributed by atoms with Gasteiger partial charge >= 0.3 is 0 Å². The van der Waals surface area contributed by atoms with Crippen LogP contribution in [0.15, 0.2) is 22.7 Å². The standard InChI is InChI=1S/C16H24BrNO2S/c1-11-6-7-15(13(17)8-11)20-10-12(19)9-18-14-4-3-5-16(14)21-2/h6-8,12,14,16,18-19H,3-5,9-10H2,1-2H3. The van der Waals surface area contributed by atoms with E-state index in [1.165, 1.54) is 24.8 Å². The molecule has 2 rings (SSSR count). The van der Waals surface area contributed by atoms with E-state index in [4.69, 9.17) is 4.74 Å². The van der Waals surface area contributed by atoms with Gasteiger partial charge in [0.05, 0.1) is 4.47 Å². The van der Waals surface area contributed by atoms with Gasteiger partial charge in [-0.05, 0) is 59.6 Å². The lowest BCUT2D eigenvalue weighted by Gasteiger charge is -2.21. The average molecular weight is 374 g/mol. The third kappa shape index (κ3) is 5.16. The van der Waals surface area contributed by atoms with Gasteiger partial charge in [-0.15, -0.1) is 0 Å². The number of rotatable bonds is 7. The highest BCUT2D eigenvalue weighted by Gasteiger charge is 2.26. The smallest absolute Gasteiger partial charge is 0.133 e. The molecule has 1 saturated carbocycles. The minimum atomic E-state index is -0.485. The topological polar surface area (TPSA) is 41.5 Å². The second kappa shape index (κ2) is 8.42. The van der Waals surface area contributed by atoms with Crippen LogP contribution in [0.1, 0.15) is 24.8 Å². The number of ether oxygens (including phenoxy) is 1. The van der Waals surface area contributed by atoms with Gasteiger partial charge in [0.1, 0.15) is 18.5 Å².